The van der Waals surface area contributed by atoms with Crippen LogP contribution in [-0.2, 0) is 9.59 Å². The van der Waals surface area contributed by atoms with Crippen LogP contribution >= 0.6 is 50.9 Å². The second kappa shape index (κ2) is 14.3. The van der Waals surface area contributed by atoms with E-state index in [1.54, 1.807) is 78.9 Å². The van der Waals surface area contributed by atoms with Gasteiger partial charge in [0, 0.05) is 36.2 Å². The third-order valence-corrected chi connectivity index (χ3v) is 7.63. The van der Waals surface area contributed by atoms with Crippen LogP contribution in [0, 0.1) is 5.82 Å². The van der Waals surface area contributed by atoms with E-state index in [1.807, 2.05) is 0 Å². The smallest absolute Gasteiger partial charge is 0.272 e. The number of rotatable bonds is 9. The average molecular weight is 673 g/mol. The first-order valence-corrected chi connectivity index (χ1v) is 14.5. The van der Waals surface area contributed by atoms with Gasteiger partial charge in [0.1, 0.15) is 11.5 Å². The molecule has 4 rings (SSSR count). The number of carbonyl (C=O) groups excluding carboxylic acids is 3. The lowest BCUT2D eigenvalue weighted by molar-refractivity contribution is -0.114. The van der Waals surface area contributed by atoms with Gasteiger partial charge in [-0.25, -0.2) is 4.39 Å². The number of thioether (sulfide) groups is 1. The van der Waals surface area contributed by atoms with Crippen LogP contribution in [0.25, 0.3) is 6.08 Å². The Bertz CT molecular complexity index is 1620. The first kappa shape index (κ1) is 30.3. The zero-order valence-corrected chi connectivity index (χ0v) is 25.0. The summed E-state index contributed by atoms with van der Waals surface area (Å²) in [6.07, 6.45) is 1.41. The minimum Gasteiger partial charge on any atom is -0.323 e. The van der Waals surface area contributed by atoms with Crippen LogP contribution in [0.3, 0.4) is 0 Å². The average Bonchev–Trinajstić information content (AvgIpc) is 2.95. The van der Waals surface area contributed by atoms with Gasteiger partial charge < -0.3 is 16.0 Å². The molecule has 6 nitrogen and oxygen atoms in total. The Morgan fingerprint density at radius 3 is 2.27 bits per heavy atom. The first-order chi connectivity index (χ1) is 19.7. The summed E-state index contributed by atoms with van der Waals surface area (Å²) in [6.45, 7) is 0. The Labute approximate surface area is 258 Å². The Balaban J connectivity index is 1.48. The van der Waals surface area contributed by atoms with Crippen molar-refractivity contribution < 1.29 is 18.8 Å². The molecule has 208 valence electrons. The molecule has 11 heteroatoms. The zero-order valence-electron chi connectivity index (χ0n) is 21.1. The molecule has 0 aromatic heterocycles. The topological polar surface area (TPSA) is 87.3 Å². The highest BCUT2D eigenvalue weighted by Gasteiger charge is 2.17. The summed E-state index contributed by atoms with van der Waals surface area (Å²) in [5.41, 5.74) is 1.14. The Morgan fingerprint density at radius 1 is 0.854 bits per heavy atom. The maximum Gasteiger partial charge on any atom is 0.272 e. The van der Waals surface area contributed by atoms with Gasteiger partial charge in [-0.2, -0.15) is 0 Å². The standard InChI is InChI=1S/C30H21BrCl2FN3O3S/c31-19-12-13-26(25(34)14-19)36-28(38)17-41-21-9-4-8-20(15-21)35-30(40)27(16-22-23(32)10-5-11-24(22)33)37-29(39)18-6-2-1-3-7-18/h1-16H,17H2,(H,35,40)(H,36,38)(H,37,39)/b27-16+. The van der Waals surface area contributed by atoms with Gasteiger partial charge in [0.2, 0.25) is 5.91 Å². The molecule has 0 aliphatic carbocycles. The number of nitrogens with one attached hydrogen (secondary N) is 3. The van der Waals surface area contributed by atoms with Crippen molar-refractivity contribution in [2.24, 2.45) is 0 Å². The van der Waals surface area contributed by atoms with Crippen molar-refractivity contribution in [3.8, 4) is 0 Å². The third kappa shape index (κ3) is 8.68. The van der Waals surface area contributed by atoms with Gasteiger partial charge >= 0.3 is 0 Å². The van der Waals surface area contributed by atoms with Gasteiger partial charge in [0.05, 0.1) is 11.4 Å². The summed E-state index contributed by atoms with van der Waals surface area (Å²) in [7, 11) is 0. The molecular formula is C30H21BrCl2FN3O3S. The monoisotopic (exact) mass is 671 g/mol. The van der Waals surface area contributed by atoms with E-state index >= 15 is 0 Å². The minimum absolute atomic E-state index is 0.0101. The highest BCUT2D eigenvalue weighted by molar-refractivity contribution is 9.10. The molecule has 0 heterocycles. The molecule has 4 aromatic rings. The fourth-order valence-corrected chi connectivity index (χ4v) is 5.12. The highest BCUT2D eigenvalue weighted by atomic mass is 79.9. The molecule has 4 aromatic carbocycles. The Hall–Kier alpha value is -3.63. The largest absolute Gasteiger partial charge is 0.323 e. The number of hydrogen-bond donors (Lipinski definition) is 3. The Kier molecular flexibility index (Phi) is 10.6. The highest BCUT2D eigenvalue weighted by Crippen LogP contribution is 2.27. The summed E-state index contributed by atoms with van der Waals surface area (Å²) >= 11 is 17.0. The van der Waals surface area contributed by atoms with Crippen molar-refractivity contribution in [2.45, 2.75) is 4.90 Å². The number of carbonyl (C=O) groups is 3. The number of amides is 3. The molecule has 3 amide bonds. The second-order valence-corrected chi connectivity index (χ2v) is 11.2. The summed E-state index contributed by atoms with van der Waals surface area (Å²) < 4.78 is 14.6. The van der Waals surface area contributed by atoms with E-state index in [4.69, 9.17) is 23.2 Å². The summed E-state index contributed by atoms with van der Waals surface area (Å²) in [5, 5.41) is 8.55. The zero-order chi connectivity index (χ0) is 29.4. The van der Waals surface area contributed by atoms with Crippen molar-refractivity contribution in [1.82, 2.24) is 5.32 Å². The number of halogens is 4. The molecule has 0 bridgehead atoms. The molecular weight excluding hydrogens is 652 g/mol. The van der Waals surface area contributed by atoms with Crippen LogP contribution in [0.4, 0.5) is 15.8 Å². The van der Waals surface area contributed by atoms with Gasteiger partial charge in [0.15, 0.2) is 0 Å². The van der Waals surface area contributed by atoms with E-state index in [9.17, 15) is 18.8 Å². The second-order valence-electron chi connectivity index (χ2n) is 8.46. The normalized spacial score (nSPS) is 11.1. The predicted molar refractivity (Wildman–Crippen MR) is 167 cm³/mol. The lowest BCUT2D eigenvalue weighted by atomic mass is 10.1. The van der Waals surface area contributed by atoms with E-state index in [0.717, 1.165) is 0 Å². The SMILES string of the molecule is O=C(CSc1cccc(NC(=O)/C(=C\c2c(Cl)cccc2Cl)NC(=O)c2ccccc2)c1)Nc1ccc(Br)cc1F. The van der Waals surface area contributed by atoms with E-state index in [0.29, 0.717) is 36.2 Å². The maximum absolute atomic E-state index is 14.0. The number of anilines is 2. The molecule has 0 fully saturated rings. The fourth-order valence-electron chi connectivity index (χ4n) is 3.52. The summed E-state index contributed by atoms with van der Waals surface area (Å²) in [5.74, 6) is -2.04. The van der Waals surface area contributed by atoms with Crippen molar-refractivity contribution in [3.05, 3.63) is 128 Å². The third-order valence-electron chi connectivity index (χ3n) is 5.48. The van der Waals surface area contributed by atoms with Gasteiger partial charge in [-0.3, -0.25) is 14.4 Å². The van der Waals surface area contributed by atoms with Gasteiger partial charge in [0.25, 0.3) is 11.8 Å². The van der Waals surface area contributed by atoms with Crippen LogP contribution in [0.1, 0.15) is 15.9 Å². The number of hydrogen-bond acceptors (Lipinski definition) is 4. The maximum atomic E-state index is 14.0. The number of benzene rings is 4. The molecule has 0 spiro atoms. The van der Waals surface area contributed by atoms with Gasteiger partial charge in [-0.15, -0.1) is 11.8 Å². The van der Waals surface area contributed by atoms with E-state index in [1.165, 1.54) is 30.0 Å². The van der Waals surface area contributed by atoms with Crippen molar-refractivity contribution in [2.75, 3.05) is 16.4 Å². The quantitative estimate of drug-likeness (QED) is 0.124. The first-order valence-electron chi connectivity index (χ1n) is 12.0. The molecule has 0 saturated carbocycles. The van der Waals surface area contributed by atoms with Crippen LogP contribution in [0.2, 0.25) is 10.0 Å². The molecule has 0 radical (unpaired) electrons. The van der Waals surface area contributed by atoms with Crippen molar-refractivity contribution in [1.29, 1.82) is 0 Å². The summed E-state index contributed by atoms with van der Waals surface area (Å²) in [6, 6.07) is 24.5. The van der Waals surface area contributed by atoms with Crippen LogP contribution in [0.15, 0.2) is 106 Å². The molecule has 0 aliphatic rings. The van der Waals surface area contributed by atoms with E-state index < -0.39 is 23.5 Å². The molecule has 0 aliphatic heterocycles. The van der Waals surface area contributed by atoms with Gasteiger partial charge in [-0.1, -0.05) is 69.5 Å². The van der Waals surface area contributed by atoms with E-state index in [2.05, 4.69) is 31.9 Å². The molecule has 0 atom stereocenters. The lowest BCUT2D eigenvalue weighted by Crippen LogP contribution is -2.30. The van der Waals surface area contributed by atoms with Gasteiger partial charge in [-0.05, 0) is 66.7 Å². The molecule has 41 heavy (non-hydrogen) atoms. The van der Waals surface area contributed by atoms with Crippen molar-refractivity contribution in [3.63, 3.8) is 0 Å². The predicted octanol–water partition coefficient (Wildman–Crippen LogP) is 8.04. The fraction of sp³-hybridized carbons (Fsp3) is 0.0333. The molecule has 3 N–H and O–H groups in total. The van der Waals surface area contributed by atoms with E-state index in [-0.39, 0.29) is 17.1 Å². The van der Waals surface area contributed by atoms with Crippen LogP contribution in [-0.4, -0.2) is 23.5 Å². The minimum atomic E-state index is -0.615. The Morgan fingerprint density at radius 2 is 1.56 bits per heavy atom. The van der Waals surface area contributed by atoms with Crippen molar-refractivity contribution >= 4 is 86.1 Å². The molecule has 0 saturated heterocycles. The van der Waals surface area contributed by atoms with Crippen LogP contribution < -0.4 is 16.0 Å². The molecule has 0 unspecified atom stereocenters. The lowest BCUT2D eigenvalue weighted by Gasteiger charge is -2.13. The van der Waals surface area contributed by atoms with Crippen LogP contribution in [0.5, 0.6) is 0 Å². The summed E-state index contributed by atoms with van der Waals surface area (Å²) in [4.78, 5) is 39.3.